The van der Waals surface area contributed by atoms with Crippen LogP contribution in [-0.2, 0) is 4.79 Å². The summed E-state index contributed by atoms with van der Waals surface area (Å²) < 4.78 is 1.71. The van der Waals surface area contributed by atoms with E-state index in [2.05, 4.69) is 37.2 Å². The molecular formula is C12H9Br2NO2S. The Kier molecular flexibility index (Phi) is 4.42. The molecule has 0 aliphatic carbocycles. The van der Waals surface area contributed by atoms with Crippen molar-refractivity contribution in [1.29, 1.82) is 0 Å². The topological polar surface area (TPSA) is 49.3 Å². The van der Waals surface area contributed by atoms with Gasteiger partial charge < -0.3 is 10.4 Å². The molecule has 0 spiro atoms. The summed E-state index contributed by atoms with van der Waals surface area (Å²) in [6.45, 7) is 0. The molecule has 0 aliphatic heterocycles. The normalized spacial score (nSPS) is 12.1. The Morgan fingerprint density at radius 1 is 1.33 bits per heavy atom. The number of halogens is 2. The van der Waals surface area contributed by atoms with E-state index >= 15 is 0 Å². The van der Waals surface area contributed by atoms with E-state index in [1.165, 1.54) is 11.3 Å². The summed E-state index contributed by atoms with van der Waals surface area (Å²) in [5.74, 6) is -0.905. The molecule has 1 heterocycles. The zero-order chi connectivity index (χ0) is 13.1. The van der Waals surface area contributed by atoms with Gasteiger partial charge in [0.15, 0.2) is 6.04 Å². The Hall–Kier alpha value is -0.850. The van der Waals surface area contributed by atoms with Crippen LogP contribution in [0.4, 0.5) is 5.69 Å². The Balaban J connectivity index is 2.28. The Labute approximate surface area is 125 Å². The molecule has 6 heteroatoms. The lowest BCUT2D eigenvalue weighted by atomic mass is 10.2. The fraction of sp³-hybridized carbons (Fsp3) is 0.0833. The second-order valence-corrected chi connectivity index (χ2v) is 6.28. The van der Waals surface area contributed by atoms with E-state index in [4.69, 9.17) is 0 Å². The highest BCUT2D eigenvalue weighted by Crippen LogP contribution is 2.32. The molecule has 18 heavy (non-hydrogen) atoms. The minimum Gasteiger partial charge on any atom is -0.479 e. The first-order chi connectivity index (χ1) is 8.58. The summed E-state index contributed by atoms with van der Waals surface area (Å²) in [5, 5.41) is 14.2. The van der Waals surface area contributed by atoms with Crippen LogP contribution in [0.15, 0.2) is 44.7 Å². The predicted octanol–water partition coefficient (Wildman–Crippen LogP) is 4.51. The van der Waals surface area contributed by atoms with Gasteiger partial charge in [0, 0.05) is 14.6 Å². The van der Waals surface area contributed by atoms with Crippen molar-refractivity contribution in [2.75, 3.05) is 5.32 Å². The van der Waals surface area contributed by atoms with Gasteiger partial charge >= 0.3 is 5.97 Å². The lowest BCUT2D eigenvalue weighted by Crippen LogP contribution is -2.19. The maximum Gasteiger partial charge on any atom is 0.331 e. The van der Waals surface area contributed by atoms with E-state index in [1.807, 2.05) is 35.7 Å². The lowest BCUT2D eigenvalue weighted by molar-refractivity contribution is -0.138. The van der Waals surface area contributed by atoms with Gasteiger partial charge in [-0.05, 0) is 45.6 Å². The van der Waals surface area contributed by atoms with Crippen LogP contribution in [0, 0.1) is 0 Å². The minimum atomic E-state index is -0.905. The van der Waals surface area contributed by atoms with Gasteiger partial charge in [0.25, 0.3) is 0 Å². The maximum atomic E-state index is 11.4. The molecule has 2 aromatic rings. The van der Waals surface area contributed by atoms with Crippen molar-refractivity contribution >= 4 is 54.9 Å². The highest BCUT2D eigenvalue weighted by Gasteiger charge is 2.23. The summed E-state index contributed by atoms with van der Waals surface area (Å²) in [4.78, 5) is 12.1. The molecular weight excluding hydrogens is 382 g/mol. The molecule has 0 aliphatic rings. The van der Waals surface area contributed by atoms with Gasteiger partial charge in [0.1, 0.15) is 0 Å². The number of carboxylic acid groups (broad SMARTS) is 1. The molecule has 3 nitrogen and oxygen atoms in total. The Morgan fingerprint density at radius 3 is 2.67 bits per heavy atom. The standard InChI is InChI=1S/C12H9Br2NO2S/c13-7-2-1-3-8(6-7)15-10(12(16)17)11-9(14)4-5-18-11/h1-6,10,15H,(H,16,17). The van der Waals surface area contributed by atoms with Crippen molar-refractivity contribution in [3.8, 4) is 0 Å². The molecule has 2 N–H and O–H groups in total. The second-order valence-electron chi connectivity index (χ2n) is 3.56. The van der Waals surface area contributed by atoms with Crippen LogP contribution < -0.4 is 5.32 Å². The number of carboxylic acids is 1. The van der Waals surface area contributed by atoms with Gasteiger partial charge in [-0.25, -0.2) is 4.79 Å². The van der Waals surface area contributed by atoms with Gasteiger partial charge in [-0.1, -0.05) is 22.0 Å². The van der Waals surface area contributed by atoms with E-state index in [0.29, 0.717) is 0 Å². The molecule has 0 saturated carbocycles. The van der Waals surface area contributed by atoms with Gasteiger partial charge in [-0.3, -0.25) is 0 Å². The molecule has 94 valence electrons. The minimum absolute atomic E-state index is 0.752. The molecule has 0 bridgehead atoms. The molecule has 0 fully saturated rings. The number of hydrogen-bond donors (Lipinski definition) is 2. The summed E-state index contributed by atoms with van der Waals surface area (Å²) in [5.41, 5.74) is 0.761. The first kappa shape index (κ1) is 13.6. The second kappa shape index (κ2) is 5.86. The quantitative estimate of drug-likeness (QED) is 0.807. The number of nitrogens with one attached hydrogen (secondary N) is 1. The van der Waals surface area contributed by atoms with E-state index in [9.17, 15) is 9.90 Å². The van der Waals surface area contributed by atoms with Crippen LogP contribution in [0.3, 0.4) is 0 Å². The average Bonchev–Trinajstić information content (AvgIpc) is 2.72. The lowest BCUT2D eigenvalue weighted by Gasteiger charge is -2.15. The van der Waals surface area contributed by atoms with Crippen molar-refractivity contribution in [3.05, 3.63) is 49.5 Å². The first-order valence-corrected chi connectivity index (χ1v) is 7.52. The van der Waals surface area contributed by atoms with Crippen LogP contribution in [0.5, 0.6) is 0 Å². The van der Waals surface area contributed by atoms with Crippen LogP contribution >= 0.6 is 43.2 Å². The largest absolute Gasteiger partial charge is 0.479 e. The molecule has 1 aromatic carbocycles. The Bertz CT molecular complexity index is 571. The predicted molar refractivity (Wildman–Crippen MR) is 80.2 cm³/mol. The molecule has 0 radical (unpaired) electrons. The summed E-state index contributed by atoms with van der Waals surface area (Å²) >= 11 is 8.13. The van der Waals surface area contributed by atoms with Crippen LogP contribution in [0.25, 0.3) is 0 Å². The zero-order valence-corrected chi connectivity index (χ0v) is 13.0. The SMILES string of the molecule is O=C(O)C(Nc1cccc(Br)c1)c1sccc1Br. The van der Waals surface area contributed by atoms with Crippen LogP contribution in [-0.4, -0.2) is 11.1 Å². The summed E-state index contributed by atoms with van der Waals surface area (Å²) in [7, 11) is 0. The molecule has 1 aromatic heterocycles. The first-order valence-electron chi connectivity index (χ1n) is 5.05. The molecule has 1 unspecified atom stereocenters. The zero-order valence-electron chi connectivity index (χ0n) is 9.06. The number of benzene rings is 1. The van der Waals surface area contributed by atoms with Crippen LogP contribution in [0.2, 0.25) is 0 Å². The highest BCUT2D eigenvalue weighted by molar-refractivity contribution is 9.10. The van der Waals surface area contributed by atoms with E-state index in [0.717, 1.165) is 19.5 Å². The number of anilines is 1. The third-order valence-electron chi connectivity index (χ3n) is 2.29. The van der Waals surface area contributed by atoms with Gasteiger partial charge in [-0.2, -0.15) is 0 Å². The highest BCUT2D eigenvalue weighted by atomic mass is 79.9. The van der Waals surface area contributed by atoms with Crippen molar-refractivity contribution < 1.29 is 9.90 Å². The maximum absolute atomic E-state index is 11.4. The smallest absolute Gasteiger partial charge is 0.331 e. The number of hydrogen-bond acceptors (Lipinski definition) is 3. The van der Waals surface area contributed by atoms with Crippen molar-refractivity contribution in [1.82, 2.24) is 0 Å². The summed E-state index contributed by atoms with van der Waals surface area (Å²) in [6.07, 6.45) is 0. The molecule has 0 saturated heterocycles. The third kappa shape index (κ3) is 3.13. The van der Waals surface area contributed by atoms with Crippen LogP contribution in [0.1, 0.15) is 10.9 Å². The molecule has 2 rings (SSSR count). The fourth-order valence-electron chi connectivity index (χ4n) is 1.50. The average molecular weight is 391 g/mol. The monoisotopic (exact) mass is 389 g/mol. The van der Waals surface area contributed by atoms with Gasteiger partial charge in [-0.15, -0.1) is 11.3 Å². The fourth-order valence-corrected chi connectivity index (χ4v) is 3.54. The third-order valence-corrected chi connectivity index (χ3v) is 4.72. The Morgan fingerprint density at radius 2 is 2.11 bits per heavy atom. The number of carbonyl (C=O) groups is 1. The van der Waals surface area contributed by atoms with E-state index < -0.39 is 12.0 Å². The van der Waals surface area contributed by atoms with E-state index in [-0.39, 0.29) is 0 Å². The van der Waals surface area contributed by atoms with Crippen molar-refractivity contribution in [3.63, 3.8) is 0 Å². The number of thiophene rings is 1. The number of aliphatic carboxylic acids is 1. The van der Waals surface area contributed by atoms with Crippen molar-refractivity contribution in [2.45, 2.75) is 6.04 Å². The van der Waals surface area contributed by atoms with E-state index in [1.54, 1.807) is 0 Å². The molecule has 0 amide bonds. The summed E-state index contributed by atoms with van der Waals surface area (Å²) in [6, 6.07) is 8.52. The van der Waals surface area contributed by atoms with Gasteiger partial charge in [0.2, 0.25) is 0 Å². The van der Waals surface area contributed by atoms with Gasteiger partial charge in [0.05, 0.1) is 4.88 Å². The number of rotatable bonds is 4. The molecule has 1 atom stereocenters. The van der Waals surface area contributed by atoms with Crippen molar-refractivity contribution in [2.24, 2.45) is 0 Å².